The highest BCUT2D eigenvalue weighted by Gasteiger charge is 2.09. The van der Waals surface area contributed by atoms with Crippen LogP contribution in [0.2, 0.25) is 0 Å². The number of methoxy groups -OCH3 is 1. The molecule has 0 amide bonds. The van der Waals surface area contributed by atoms with Gasteiger partial charge in [0.25, 0.3) is 0 Å². The predicted octanol–water partition coefficient (Wildman–Crippen LogP) is 5.02. The van der Waals surface area contributed by atoms with Crippen LogP contribution in [0.25, 0.3) is 16.8 Å². The molecule has 0 heterocycles. The minimum atomic E-state index is -0.866. The molecule has 0 N–H and O–H groups in total. The average Bonchev–Trinajstić information content (AvgIpc) is 2.59. The summed E-state index contributed by atoms with van der Waals surface area (Å²) in [7, 11) is 1.61. The van der Waals surface area contributed by atoms with Gasteiger partial charge in [0.15, 0.2) is 5.78 Å². The number of benzene rings is 3. The topological polar surface area (TPSA) is 26.3 Å². The first-order valence-electron chi connectivity index (χ1n) is 7.32. The van der Waals surface area contributed by atoms with E-state index in [0.29, 0.717) is 6.07 Å². The molecule has 120 valence electrons. The smallest absolute Gasteiger partial charge is 0.188 e. The Hall–Kier alpha value is -3.01. The van der Waals surface area contributed by atoms with E-state index in [1.54, 1.807) is 13.2 Å². The highest BCUT2D eigenvalue weighted by atomic mass is 19.1. The molecule has 0 atom stereocenters. The van der Waals surface area contributed by atoms with Crippen molar-refractivity contribution < 1.29 is 18.3 Å². The first-order chi connectivity index (χ1) is 11.6. The fourth-order valence-corrected chi connectivity index (χ4v) is 2.42. The second-order valence-corrected chi connectivity index (χ2v) is 5.29. The van der Waals surface area contributed by atoms with Crippen molar-refractivity contribution in [2.24, 2.45) is 0 Å². The first kappa shape index (κ1) is 15.9. The molecule has 0 saturated carbocycles. The molecular weight excluding hydrogens is 310 g/mol. The molecule has 0 unspecified atom stereocenters. The van der Waals surface area contributed by atoms with Crippen LogP contribution in [0.15, 0.2) is 60.7 Å². The summed E-state index contributed by atoms with van der Waals surface area (Å²) < 4.78 is 31.7. The van der Waals surface area contributed by atoms with Gasteiger partial charge in [-0.1, -0.05) is 24.3 Å². The zero-order chi connectivity index (χ0) is 17.1. The number of carbonyl (C=O) groups is 1. The van der Waals surface area contributed by atoms with Gasteiger partial charge in [0.1, 0.15) is 17.4 Å². The number of fused-ring (bicyclic) bond motifs is 1. The summed E-state index contributed by atoms with van der Waals surface area (Å²) in [5.74, 6) is -1.32. The van der Waals surface area contributed by atoms with Crippen molar-refractivity contribution in [1.29, 1.82) is 0 Å². The standard InChI is InChI=1S/C20H14F2O2/c1-24-17-7-5-14-10-13(2-4-15(14)11-17)3-9-20(23)18-8-6-16(21)12-19(18)22/h2-12H,1H3/b9-3+. The third-order valence-corrected chi connectivity index (χ3v) is 3.70. The quantitative estimate of drug-likeness (QED) is 0.497. The zero-order valence-electron chi connectivity index (χ0n) is 12.9. The fraction of sp³-hybridized carbons (Fsp3) is 0.0500. The van der Waals surface area contributed by atoms with Crippen molar-refractivity contribution in [3.8, 4) is 5.75 Å². The number of carbonyl (C=O) groups excluding carboxylic acids is 1. The Morgan fingerprint density at radius 1 is 0.958 bits per heavy atom. The molecular formula is C20H14F2O2. The van der Waals surface area contributed by atoms with Crippen molar-refractivity contribution in [2.45, 2.75) is 0 Å². The lowest BCUT2D eigenvalue weighted by atomic mass is 10.0. The molecule has 0 radical (unpaired) electrons. The molecule has 2 nitrogen and oxygen atoms in total. The molecule has 4 heteroatoms. The Labute approximate surface area is 138 Å². The van der Waals surface area contributed by atoms with Crippen LogP contribution in [-0.4, -0.2) is 12.9 Å². The van der Waals surface area contributed by atoms with Crippen molar-refractivity contribution in [2.75, 3.05) is 7.11 Å². The summed E-state index contributed by atoms with van der Waals surface area (Å²) >= 11 is 0. The monoisotopic (exact) mass is 324 g/mol. The fourth-order valence-electron chi connectivity index (χ4n) is 2.42. The van der Waals surface area contributed by atoms with Gasteiger partial charge in [-0.3, -0.25) is 4.79 Å². The molecule has 3 aromatic carbocycles. The second-order valence-electron chi connectivity index (χ2n) is 5.29. The predicted molar refractivity (Wildman–Crippen MR) is 90.2 cm³/mol. The minimum absolute atomic E-state index is 0.154. The van der Waals surface area contributed by atoms with Gasteiger partial charge in [-0.25, -0.2) is 8.78 Å². The van der Waals surface area contributed by atoms with Crippen LogP contribution in [0.3, 0.4) is 0 Å². The SMILES string of the molecule is COc1ccc2cc(/C=C/C(=O)c3ccc(F)cc3F)ccc2c1. The Kier molecular flexibility index (Phi) is 4.38. The lowest BCUT2D eigenvalue weighted by Crippen LogP contribution is -1.99. The van der Waals surface area contributed by atoms with E-state index in [-0.39, 0.29) is 5.56 Å². The molecule has 3 aromatic rings. The highest BCUT2D eigenvalue weighted by Crippen LogP contribution is 2.22. The number of allylic oxidation sites excluding steroid dienone is 1. The molecule has 0 fully saturated rings. The molecule has 24 heavy (non-hydrogen) atoms. The maximum absolute atomic E-state index is 13.6. The minimum Gasteiger partial charge on any atom is -0.497 e. The van der Waals surface area contributed by atoms with Crippen LogP contribution in [0.4, 0.5) is 8.78 Å². The van der Waals surface area contributed by atoms with E-state index < -0.39 is 17.4 Å². The van der Waals surface area contributed by atoms with E-state index in [4.69, 9.17) is 4.74 Å². The Balaban J connectivity index is 1.85. The number of ether oxygens (including phenoxy) is 1. The highest BCUT2D eigenvalue weighted by molar-refractivity contribution is 6.07. The van der Waals surface area contributed by atoms with Crippen LogP contribution in [0.1, 0.15) is 15.9 Å². The molecule has 0 bridgehead atoms. The van der Waals surface area contributed by atoms with E-state index in [2.05, 4.69) is 0 Å². The van der Waals surface area contributed by atoms with E-state index in [0.717, 1.165) is 34.2 Å². The number of rotatable bonds is 4. The molecule has 0 spiro atoms. The summed E-state index contributed by atoms with van der Waals surface area (Å²) in [6.45, 7) is 0. The molecule has 0 aliphatic rings. The maximum Gasteiger partial charge on any atom is 0.188 e. The van der Waals surface area contributed by atoms with Crippen molar-refractivity contribution in [1.82, 2.24) is 0 Å². The summed E-state index contributed by atoms with van der Waals surface area (Å²) in [6, 6.07) is 14.3. The summed E-state index contributed by atoms with van der Waals surface area (Å²) in [5.41, 5.74) is 0.654. The summed E-state index contributed by atoms with van der Waals surface area (Å²) in [6.07, 6.45) is 2.88. The van der Waals surface area contributed by atoms with Crippen LogP contribution < -0.4 is 4.74 Å². The molecule has 3 rings (SSSR count). The Morgan fingerprint density at radius 2 is 1.71 bits per heavy atom. The molecule has 0 aliphatic heterocycles. The molecule has 0 aliphatic carbocycles. The van der Waals surface area contributed by atoms with Crippen molar-refractivity contribution in [3.63, 3.8) is 0 Å². The maximum atomic E-state index is 13.6. The third kappa shape index (κ3) is 3.33. The van der Waals surface area contributed by atoms with E-state index in [1.807, 2.05) is 36.4 Å². The van der Waals surface area contributed by atoms with Crippen LogP contribution in [0, 0.1) is 11.6 Å². The van der Waals surface area contributed by atoms with E-state index in [1.165, 1.54) is 6.08 Å². The molecule has 0 saturated heterocycles. The normalized spacial score (nSPS) is 11.1. The van der Waals surface area contributed by atoms with Gasteiger partial charge in [0.2, 0.25) is 0 Å². The van der Waals surface area contributed by atoms with Gasteiger partial charge in [0, 0.05) is 6.07 Å². The number of ketones is 1. The van der Waals surface area contributed by atoms with Crippen molar-refractivity contribution in [3.05, 3.63) is 83.4 Å². The third-order valence-electron chi connectivity index (χ3n) is 3.70. The van der Waals surface area contributed by atoms with E-state index in [9.17, 15) is 13.6 Å². The lowest BCUT2D eigenvalue weighted by Gasteiger charge is -2.03. The van der Waals surface area contributed by atoms with Crippen LogP contribution >= 0.6 is 0 Å². The molecule has 0 aromatic heterocycles. The van der Waals surface area contributed by atoms with Gasteiger partial charge >= 0.3 is 0 Å². The summed E-state index contributed by atoms with van der Waals surface area (Å²) in [4.78, 5) is 12.0. The van der Waals surface area contributed by atoms with E-state index >= 15 is 0 Å². The van der Waals surface area contributed by atoms with Crippen molar-refractivity contribution >= 4 is 22.6 Å². The second kappa shape index (κ2) is 6.62. The lowest BCUT2D eigenvalue weighted by molar-refractivity contribution is 0.104. The van der Waals surface area contributed by atoms with Gasteiger partial charge in [-0.2, -0.15) is 0 Å². The van der Waals surface area contributed by atoms with Gasteiger partial charge in [-0.15, -0.1) is 0 Å². The largest absolute Gasteiger partial charge is 0.497 e. The van der Waals surface area contributed by atoms with Gasteiger partial charge < -0.3 is 4.74 Å². The van der Waals surface area contributed by atoms with Gasteiger partial charge in [-0.05, 0) is 52.7 Å². The number of hydrogen-bond acceptors (Lipinski definition) is 2. The van der Waals surface area contributed by atoms with Gasteiger partial charge in [0.05, 0.1) is 12.7 Å². The summed E-state index contributed by atoms with van der Waals surface area (Å²) in [5, 5.41) is 2.01. The number of hydrogen-bond donors (Lipinski definition) is 0. The number of halogens is 2. The zero-order valence-corrected chi connectivity index (χ0v) is 12.9. The Bertz CT molecular complexity index is 946. The average molecular weight is 324 g/mol. The first-order valence-corrected chi connectivity index (χ1v) is 7.32. The van der Waals surface area contributed by atoms with Crippen LogP contribution in [-0.2, 0) is 0 Å². The van der Waals surface area contributed by atoms with Crippen LogP contribution in [0.5, 0.6) is 5.75 Å². The Morgan fingerprint density at radius 3 is 2.46 bits per heavy atom.